The Morgan fingerprint density at radius 3 is 2.52 bits per heavy atom. The Balaban J connectivity index is 1.42. The maximum absolute atomic E-state index is 13.6. The van der Waals surface area contributed by atoms with Crippen molar-refractivity contribution < 1.29 is 13.9 Å². The van der Waals surface area contributed by atoms with Crippen LogP contribution in [-0.2, 0) is 24.8 Å². The molecular weight excluding hydrogens is 399 g/mol. The summed E-state index contributed by atoms with van der Waals surface area (Å²) in [5, 5.41) is 5.62. The zero-order valence-electron chi connectivity index (χ0n) is 17.7. The van der Waals surface area contributed by atoms with Crippen LogP contribution in [0.15, 0.2) is 47.3 Å². The van der Waals surface area contributed by atoms with Crippen molar-refractivity contribution in [3.05, 3.63) is 69.9 Å². The fourth-order valence-electron chi connectivity index (χ4n) is 4.03. The van der Waals surface area contributed by atoms with Gasteiger partial charge in [-0.15, -0.1) is 0 Å². The van der Waals surface area contributed by atoms with Crippen molar-refractivity contribution in [2.75, 3.05) is 33.3 Å². The number of methoxy groups -OCH3 is 1. The second-order valence-corrected chi connectivity index (χ2v) is 7.71. The topological polar surface area (TPSA) is 67.7 Å². The van der Waals surface area contributed by atoms with Crippen LogP contribution < -0.4 is 10.3 Å². The average molecular weight is 424 g/mol. The molecule has 2 heterocycles. The molecule has 1 aromatic heterocycles. The normalized spacial score (nSPS) is 14.7. The lowest BCUT2D eigenvalue weighted by molar-refractivity contribution is -0.132. The van der Waals surface area contributed by atoms with Gasteiger partial charge in [0, 0.05) is 50.7 Å². The predicted octanol–water partition coefficient (Wildman–Crippen LogP) is 1.97. The lowest BCUT2D eigenvalue weighted by Gasteiger charge is -2.35. The lowest BCUT2D eigenvalue weighted by atomic mass is 10.1. The maximum atomic E-state index is 13.6. The number of aryl methyl sites for hydroxylation is 1. The van der Waals surface area contributed by atoms with Crippen molar-refractivity contribution in [1.29, 1.82) is 0 Å². The third-order valence-electron chi connectivity index (χ3n) is 5.71. The van der Waals surface area contributed by atoms with Crippen LogP contribution >= 0.6 is 0 Å². The minimum atomic E-state index is -0.290. The highest BCUT2D eigenvalue weighted by molar-refractivity contribution is 5.88. The van der Waals surface area contributed by atoms with Crippen LogP contribution in [0.25, 0.3) is 10.8 Å². The molecule has 1 fully saturated rings. The van der Waals surface area contributed by atoms with Crippen molar-refractivity contribution in [2.24, 2.45) is 7.05 Å². The van der Waals surface area contributed by atoms with E-state index in [2.05, 4.69) is 10.00 Å². The highest BCUT2D eigenvalue weighted by Crippen LogP contribution is 2.22. The zero-order chi connectivity index (χ0) is 22.0. The number of ether oxygens (including phenoxy) is 1. The third-order valence-corrected chi connectivity index (χ3v) is 5.71. The minimum absolute atomic E-state index is 0.0145. The van der Waals surface area contributed by atoms with Crippen molar-refractivity contribution in [3.63, 3.8) is 0 Å². The van der Waals surface area contributed by atoms with Crippen LogP contribution in [0.1, 0.15) is 11.3 Å². The highest BCUT2D eigenvalue weighted by atomic mass is 19.1. The van der Waals surface area contributed by atoms with Gasteiger partial charge in [0.15, 0.2) is 0 Å². The van der Waals surface area contributed by atoms with Gasteiger partial charge in [0.1, 0.15) is 11.6 Å². The summed E-state index contributed by atoms with van der Waals surface area (Å²) in [5.41, 5.74) is 1.23. The van der Waals surface area contributed by atoms with Crippen molar-refractivity contribution in [3.8, 4) is 5.75 Å². The number of benzene rings is 2. The SMILES string of the molecule is COc1ccc(F)cc1CN1CCN(C(=O)Cc2nn(C)c(=O)c3ccccc23)CC1. The van der Waals surface area contributed by atoms with Gasteiger partial charge in [-0.2, -0.15) is 5.10 Å². The van der Waals surface area contributed by atoms with Gasteiger partial charge >= 0.3 is 0 Å². The molecule has 1 aliphatic heterocycles. The lowest BCUT2D eigenvalue weighted by Crippen LogP contribution is -2.48. The van der Waals surface area contributed by atoms with Gasteiger partial charge in [-0.1, -0.05) is 18.2 Å². The molecule has 0 unspecified atom stereocenters. The summed E-state index contributed by atoms with van der Waals surface area (Å²) < 4.78 is 20.2. The molecule has 0 aliphatic carbocycles. The second-order valence-electron chi connectivity index (χ2n) is 7.71. The summed E-state index contributed by atoms with van der Waals surface area (Å²) >= 11 is 0. The number of nitrogens with zero attached hydrogens (tertiary/aromatic N) is 4. The molecule has 0 spiro atoms. The van der Waals surface area contributed by atoms with Gasteiger partial charge in [-0.3, -0.25) is 14.5 Å². The first-order valence-corrected chi connectivity index (χ1v) is 10.2. The first-order chi connectivity index (χ1) is 15.0. The molecule has 0 bridgehead atoms. The smallest absolute Gasteiger partial charge is 0.274 e. The van der Waals surface area contributed by atoms with Crippen molar-refractivity contribution in [1.82, 2.24) is 19.6 Å². The van der Waals surface area contributed by atoms with E-state index in [1.807, 2.05) is 23.1 Å². The summed E-state index contributed by atoms with van der Waals surface area (Å²) in [6.07, 6.45) is 0.145. The highest BCUT2D eigenvalue weighted by Gasteiger charge is 2.23. The van der Waals surface area contributed by atoms with Crippen LogP contribution in [-0.4, -0.2) is 58.8 Å². The number of carbonyl (C=O) groups is 1. The van der Waals surface area contributed by atoms with Crippen LogP contribution in [0.4, 0.5) is 4.39 Å². The largest absolute Gasteiger partial charge is 0.496 e. The van der Waals surface area contributed by atoms with Gasteiger partial charge in [-0.25, -0.2) is 9.07 Å². The molecule has 7 nitrogen and oxygen atoms in total. The van der Waals surface area contributed by atoms with E-state index in [0.29, 0.717) is 49.6 Å². The van der Waals surface area contributed by atoms with E-state index in [-0.39, 0.29) is 23.7 Å². The number of piperazine rings is 1. The number of carbonyl (C=O) groups excluding carboxylic acids is 1. The van der Waals surface area contributed by atoms with E-state index in [4.69, 9.17) is 4.74 Å². The first-order valence-electron chi connectivity index (χ1n) is 10.2. The van der Waals surface area contributed by atoms with Gasteiger partial charge in [0.2, 0.25) is 5.91 Å². The number of amides is 1. The van der Waals surface area contributed by atoms with Crippen LogP contribution in [0.3, 0.4) is 0 Å². The Morgan fingerprint density at radius 1 is 1.10 bits per heavy atom. The molecule has 162 valence electrons. The van der Waals surface area contributed by atoms with E-state index < -0.39 is 0 Å². The number of rotatable bonds is 5. The Hall–Kier alpha value is -3.26. The van der Waals surface area contributed by atoms with E-state index in [9.17, 15) is 14.0 Å². The zero-order valence-corrected chi connectivity index (χ0v) is 17.7. The Kier molecular flexibility index (Phi) is 5.99. The third kappa shape index (κ3) is 4.44. The van der Waals surface area contributed by atoms with E-state index in [1.54, 1.807) is 26.3 Å². The maximum Gasteiger partial charge on any atom is 0.274 e. The number of hydrogen-bond acceptors (Lipinski definition) is 5. The second kappa shape index (κ2) is 8.85. The molecule has 0 N–H and O–H groups in total. The number of fused-ring (bicyclic) bond motifs is 1. The molecule has 1 amide bonds. The van der Waals surface area contributed by atoms with Gasteiger partial charge in [0.25, 0.3) is 5.56 Å². The standard InChI is InChI=1S/C23H25FN4O3/c1-26-23(30)19-6-4-3-5-18(19)20(25-26)14-22(29)28-11-9-27(10-12-28)15-16-13-17(24)7-8-21(16)31-2/h3-8,13H,9-12,14-15H2,1-2H3. The van der Waals surface area contributed by atoms with Gasteiger partial charge in [-0.05, 0) is 24.3 Å². The number of hydrogen-bond donors (Lipinski definition) is 0. The minimum Gasteiger partial charge on any atom is -0.496 e. The summed E-state index contributed by atoms with van der Waals surface area (Å²) in [7, 11) is 3.17. The van der Waals surface area contributed by atoms with Crippen molar-refractivity contribution >= 4 is 16.7 Å². The molecule has 0 atom stereocenters. The summed E-state index contributed by atoms with van der Waals surface area (Å²) in [4.78, 5) is 29.2. The quantitative estimate of drug-likeness (QED) is 0.627. The van der Waals surface area contributed by atoms with Crippen LogP contribution in [0, 0.1) is 5.82 Å². The Morgan fingerprint density at radius 2 is 1.81 bits per heavy atom. The van der Waals surface area contributed by atoms with E-state index in [1.165, 1.54) is 16.8 Å². The van der Waals surface area contributed by atoms with Gasteiger partial charge in [0.05, 0.1) is 24.6 Å². The predicted molar refractivity (Wildman–Crippen MR) is 115 cm³/mol. The molecule has 31 heavy (non-hydrogen) atoms. The number of halogens is 1. The summed E-state index contributed by atoms with van der Waals surface area (Å²) in [5.74, 6) is 0.355. The summed E-state index contributed by atoms with van der Waals surface area (Å²) in [6, 6.07) is 11.8. The van der Waals surface area contributed by atoms with Crippen molar-refractivity contribution in [2.45, 2.75) is 13.0 Å². The van der Waals surface area contributed by atoms with Crippen LogP contribution in [0.2, 0.25) is 0 Å². The molecule has 8 heteroatoms. The molecule has 1 aliphatic rings. The molecule has 1 saturated heterocycles. The Labute approximate surface area is 179 Å². The Bertz CT molecular complexity index is 1170. The number of aromatic nitrogens is 2. The molecule has 0 radical (unpaired) electrons. The molecular formula is C23H25FN4O3. The first kappa shape index (κ1) is 21.0. The molecule has 4 rings (SSSR count). The fourth-order valence-corrected chi connectivity index (χ4v) is 4.03. The molecule has 0 saturated carbocycles. The van der Waals surface area contributed by atoms with Crippen LogP contribution in [0.5, 0.6) is 5.75 Å². The molecule has 2 aromatic carbocycles. The van der Waals surface area contributed by atoms with Gasteiger partial charge < -0.3 is 9.64 Å². The molecule has 3 aromatic rings. The average Bonchev–Trinajstić information content (AvgIpc) is 2.78. The monoisotopic (exact) mass is 424 g/mol. The summed E-state index contributed by atoms with van der Waals surface area (Å²) in [6.45, 7) is 3.11. The fraction of sp³-hybridized carbons (Fsp3) is 0.348. The van der Waals surface area contributed by atoms with E-state index in [0.717, 1.165) is 10.9 Å². The van der Waals surface area contributed by atoms with E-state index >= 15 is 0 Å².